The first-order valence-electron chi connectivity index (χ1n) is 6.68. The van der Waals surface area contributed by atoms with Crippen molar-refractivity contribution in [2.45, 2.75) is 39.2 Å². The molecule has 2 rings (SSSR count). The molecular formula is C14H23N3O. The maximum atomic E-state index is 5.72. The Bertz CT molecular complexity index is 368. The van der Waals surface area contributed by atoms with Crippen LogP contribution in [0, 0.1) is 19.8 Å². The lowest BCUT2D eigenvalue weighted by Gasteiger charge is -2.26. The van der Waals surface area contributed by atoms with Crippen LogP contribution >= 0.6 is 0 Å². The van der Waals surface area contributed by atoms with Crippen LogP contribution in [0.5, 0.6) is 0 Å². The highest BCUT2D eigenvalue weighted by molar-refractivity contribution is 5.23. The van der Waals surface area contributed by atoms with Crippen molar-refractivity contribution in [2.24, 2.45) is 11.8 Å². The summed E-state index contributed by atoms with van der Waals surface area (Å²) in [7, 11) is 0. The summed E-state index contributed by atoms with van der Waals surface area (Å²) in [5.74, 6) is 6.42. The van der Waals surface area contributed by atoms with Crippen LogP contribution in [-0.4, -0.2) is 18.2 Å². The number of nitrogens with zero attached hydrogens (tertiary/aromatic N) is 1. The van der Waals surface area contributed by atoms with E-state index in [1.807, 2.05) is 13.8 Å². The normalized spacial score (nSPS) is 18.8. The van der Waals surface area contributed by atoms with Crippen LogP contribution in [-0.2, 0) is 4.74 Å². The SMILES string of the molecule is Cc1cc(C(CC2CCOCC2)NN)cc(C)n1. The third kappa shape index (κ3) is 3.51. The molecule has 4 nitrogen and oxygen atoms in total. The van der Waals surface area contributed by atoms with Crippen LogP contribution in [0.3, 0.4) is 0 Å². The molecule has 0 amide bonds. The van der Waals surface area contributed by atoms with E-state index in [9.17, 15) is 0 Å². The minimum Gasteiger partial charge on any atom is -0.381 e. The third-order valence-electron chi connectivity index (χ3n) is 3.62. The van der Waals surface area contributed by atoms with Gasteiger partial charge in [0.25, 0.3) is 0 Å². The molecule has 0 radical (unpaired) electrons. The molecule has 100 valence electrons. The molecule has 1 atom stereocenters. The van der Waals surface area contributed by atoms with Gasteiger partial charge in [0.05, 0.1) is 0 Å². The maximum Gasteiger partial charge on any atom is 0.0468 e. The van der Waals surface area contributed by atoms with Gasteiger partial charge in [-0.1, -0.05) is 0 Å². The summed E-state index contributed by atoms with van der Waals surface area (Å²) in [6, 6.07) is 4.46. The lowest BCUT2D eigenvalue weighted by atomic mass is 9.89. The second-order valence-corrected chi connectivity index (χ2v) is 5.19. The fourth-order valence-electron chi connectivity index (χ4n) is 2.68. The molecule has 0 aliphatic carbocycles. The third-order valence-corrected chi connectivity index (χ3v) is 3.62. The van der Waals surface area contributed by atoms with Gasteiger partial charge in [-0.3, -0.25) is 16.3 Å². The molecule has 0 bridgehead atoms. The van der Waals surface area contributed by atoms with E-state index >= 15 is 0 Å². The molecule has 1 aromatic heterocycles. The van der Waals surface area contributed by atoms with Crippen molar-refractivity contribution in [3.63, 3.8) is 0 Å². The largest absolute Gasteiger partial charge is 0.381 e. The van der Waals surface area contributed by atoms with Crippen LogP contribution in [0.1, 0.15) is 42.3 Å². The number of ether oxygens (including phenoxy) is 1. The average molecular weight is 249 g/mol. The van der Waals surface area contributed by atoms with Crippen LogP contribution in [0.4, 0.5) is 0 Å². The van der Waals surface area contributed by atoms with Crippen molar-refractivity contribution in [3.8, 4) is 0 Å². The second-order valence-electron chi connectivity index (χ2n) is 5.19. The lowest BCUT2D eigenvalue weighted by Crippen LogP contribution is -2.31. The zero-order chi connectivity index (χ0) is 13.0. The molecule has 4 heteroatoms. The van der Waals surface area contributed by atoms with Crippen molar-refractivity contribution in [2.75, 3.05) is 13.2 Å². The number of hydrogen-bond donors (Lipinski definition) is 2. The monoisotopic (exact) mass is 249 g/mol. The number of nitrogens with two attached hydrogens (primary N) is 1. The zero-order valence-electron chi connectivity index (χ0n) is 11.3. The van der Waals surface area contributed by atoms with Crippen molar-refractivity contribution in [3.05, 3.63) is 29.1 Å². The number of rotatable bonds is 4. The predicted molar refractivity (Wildman–Crippen MR) is 71.9 cm³/mol. The Morgan fingerprint density at radius 1 is 1.33 bits per heavy atom. The van der Waals surface area contributed by atoms with E-state index < -0.39 is 0 Å². The number of aryl methyl sites for hydroxylation is 2. The Morgan fingerprint density at radius 2 is 1.94 bits per heavy atom. The first-order valence-corrected chi connectivity index (χ1v) is 6.68. The molecule has 1 unspecified atom stereocenters. The quantitative estimate of drug-likeness (QED) is 0.633. The van der Waals surface area contributed by atoms with Crippen molar-refractivity contribution in [1.29, 1.82) is 0 Å². The van der Waals surface area contributed by atoms with E-state index in [1.165, 1.54) is 5.56 Å². The van der Waals surface area contributed by atoms with Gasteiger partial charge in [-0.25, -0.2) is 0 Å². The fraction of sp³-hybridized carbons (Fsp3) is 0.643. The first kappa shape index (κ1) is 13.5. The van der Waals surface area contributed by atoms with E-state index in [4.69, 9.17) is 10.6 Å². The Morgan fingerprint density at radius 3 is 2.50 bits per heavy atom. The molecule has 1 aliphatic rings. The van der Waals surface area contributed by atoms with E-state index in [0.717, 1.165) is 43.9 Å². The molecule has 1 aliphatic heterocycles. The highest BCUT2D eigenvalue weighted by atomic mass is 16.5. The molecule has 1 fully saturated rings. The van der Waals surface area contributed by atoms with Gasteiger partial charge in [0.15, 0.2) is 0 Å². The molecule has 2 heterocycles. The molecular weight excluding hydrogens is 226 g/mol. The standard InChI is InChI=1S/C14H23N3O/c1-10-7-13(8-11(2)16-10)14(17-15)9-12-3-5-18-6-4-12/h7-8,12,14,17H,3-6,9,15H2,1-2H3. The number of aromatic nitrogens is 1. The summed E-state index contributed by atoms with van der Waals surface area (Å²) in [5.41, 5.74) is 6.30. The topological polar surface area (TPSA) is 60.2 Å². The summed E-state index contributed by atoms with van der Waals surface area (Å²) >= 11 is 0. The Hall–Kier alpha value is -0.970. The Labute approximate surface area is 109 Å². The molecule has 1 aromatic rings. The van der Waals surface area contributed by atoms with Crippen molar-refractivity contribution < 1.29 is 4.74 Å². The maximum absolute atomic E-state index is 5.72. The van der Waals surface area contributed by atoms with Crippen molar-refractivity contribution in [1.82, 2.24) is 10.4 Å². The smallest absolute Gasteiger partial charge is 0.0468 e. The lowest BCUT2D eigenvalue weighted by molar-refractivity contribution is 0.0605. The summed E-state index contributed by atoms with van der Waals surface area (Å²) in [6.07, 6.45) is 3.35. The van der Waals surface area contributed by atoms with E-state index in [1.54, 1.807) is 0 Å². The highest BCUT2D eigenvalue weighted by Gasteiger charge is 2.20. The van der Waals surface area contributed by atoms with Gasteiger partial charge in [0.2, 0.25) is 0 Å². The first-order chi connectivity index (χ1) is 8.69. The van der Waals surface area contributed by atoms with Crippen LogP contribution < -0.4 is 11.3 Å². The van der Waals surface area contributed by atoms with E-state index in [-0.39, 0.29) is 6.04 Å². The van der Waals surface area contributed by atoms with Gasteiger partial charge in [0, 0.05) is 30.6 Å². The fourth-order valence-corrected chi connectivity index (χ4v) is 2.68. The summed E-state index contributed by atoms with van der Waals surface area (Å²) in [5, 5.41) is 0. The van der Waals surface area contributed by atoms with Crippen molar-refractivity contribution >= 4 is 0 Å². The van der Waals surface area contributed by atoms with Gasteiger partial charge < -0.3 is 4.74 Å². The molecule has 3 N–H and O–H groups in total. The molecule has 18 heavy (non-hydrogen) atoms. The number of nitrogens with one attached hydrogen (secondary N) is 1. The minimum absolute atomic E-state index is 0.216. The van der Waals surface area contributed by atoms with E-state index in [0.29, 0.717) is 5.92 Å². The van der Waals surface area contributed by atoms with Gasteiger partial charge in [-0.05, 0) is 56.7 Å². The van der Waals surface area contributed by atoms with Crippen LogP contribution in [0.15, 0.2) is 12.1 Å². The molecule has 0 spiro atoms. The number of pyridine rings is 1. The summed E-state index contributed by atoms with van der Waals surface area (Å²) in [6.45, 7) is 5.82. The van der Waals surface area contributed by atoms with E-state index in [2.05, 4.69) is 22.5 Å². The Kier molecular flexibility index (Phi) is 4.69. The predicted octanol–water partition coefficient (Wildman–Crippen LogP) is 2.02. The summed E-state index contributed by atoms with van der Waals surface area (Å²) < 4.78 is 5.40. The minimum atomic E-state index is 0.216. The number of hydrogen-bond acceptors (Lipinski definition) is 4. The average Bonchev–Trinajstić information content (AvgIpc) is 2.36. The molecule has 0 aromatic carbocycles. The summed E-state index contributed by atoms with van der Waals surface area (Å²) in [4.78, 5) is 4.41. The van der Waals surface area contributed by atoms with Gasteiger partial charge in [0.1, 0.15) is 0 Å². The molecule has 0 saturated carbocycles. The van der Waals surface area contributed by atoms with Gasteiger partial charge in [-0.15, -0.1) is 0 Å². The van der Waals surface area contributed by atoms with Crippen LogP contribution in [0.2, 0.25) is 0 Å². The Balaban J connectivity index is 2.06. The molecule has 1 saturated heterocycles. The number of hydrazine groups is 1. The van der Waals surface area contributed by atoms with Crippen LogP contribution in [0.25, 0.3) is 0 Å². The second kappa shape index (κ2) is 6.27. The van der Waals surface area contributed by atoms with Gasteiger partial charge in [-0.2, -0.15) is 0 Å². The zero-order valence-corrected chi connectivity index (χ0v) is 11.3. The van der Waals surface area contributed by atoms with Gasteiger partial charge >= 0.3 is 0 Å². The highest BCUT2D eigenvalue weighted by Crippen LogP contribution is 2.27.